The molecule has 3 N–H and O–H groups in total. The summed E-state index contributed by atoms with van der Waals surface area (Å²) in [5, 5.41) is 6.00. The second-order valence-electron chi connectivity index (χ2n) is 6.89. The number of hydrogen-bond acceptors (Lipinski definition) is 5. The van der Waals surface area contributed by atoms with Gasteiger partial charge < -0.3 is 20.4 Å². The van der Waals surface area contributed by atoms with Gasteiger partial charge in [-0.2, -0.15) is 0 Å². The van der Waals surface area contributed by atoms with Gasteiger partial charge in [0.2, 0.25) is 5.91 Å². The summed E-state index contributed by atoms with van der Waals surface area (Å²) in [5.74, 6) is -0.268. The highest BCUT2D eigenvalue weighted by Gasteiger charge is 2.19. The molecule has 0 fully saturated rings. The first-order valence-electron chi connectivity index (χ1n) is 9.23. The Labute approximate surface area is 171 Å². The van der Waals surface area contributed by atoms with Crippen LogP contribution in [0.3, 0.4) is 0 Å². The number of aromatic nitrogens is 3. The Hall–Kier alpha value is -3.82. The van der Waals surface area contributed by atoms with Crippen LogP contribution in [-0.4, -0.2) is 39.1 Å². The number of ether oxygens (including phenoxy) is 1. The van der Waals surface area contributed by atoms with Crippen molar-refractivity contribution in [1.29, 1.82) is 0 Å². The van der Waals surface area contributed by atoms with Gasteiger partial charge in [-0.25, -0.2) is 4.79 Å². The Balaban J connectivity index is 1.67. The maximum atomic E-state index is 12.5. The molecule has 10 nitrogen and oxygen atoms in total. The molecule has 3 rings (SSSR count). The molecule has 1 atom stereocenters. The molecule has 2 heterocycles. The summed E-state index contributed by atoms with van der Waals surface area (Å²) in [7, 11) is 4.44. The second kappa shape index (κ2) is 8.27. The lowest BCUT2D eigenvalue weighted by Crippen LogP contribution is -2.45. The number of H-pyrrole nitrogens is 1. The summed E-state index contributed by atoms with van der Waals surface area (Å²) in [6, 6.07) is 7.51. The van der Waals surface area contributed by atoms with E-state index in [1.807, 2.05) is 6.07 Å². The Morgan fingerprint density at radius 2 is 1.90 bits per heavy atom. The Morgan fingerprint density at radius 3 is 2.60 bits per heavy atom. The molecule has 158 valence electrons. The van der Waals surface area contributed by atoms with Gasteiger partial charge in [0.1, 0.15) is 17.5 Å². The van der Waals surface area contributed by atoms with Crippen LogP contribution in [0, 0.1) is 0 Å². The monoisotopic (exact) mass is 413 g/mol. The zero-order valence-corrected chi connectivity index (χ0v) is 17.1. The Bertz CT molecular complexity index is 1240. The molecule has 30 heavy (non-hydrogen) atoms. The molecule has 0 aliphatic carbocycles. The largest absolute Gasteiger partial charge is 0.496 e. The van der Waals surface area contributed by atoms with Gasteiger partial charge in [-0.1, -0.05) is 6.07 Å². The molecule has 1 aromatic carbocycles. The number of nitrogens with zero attached hydrogens (tertiary/aromatic N) is 2. The van der Waals surface area contributed by atoms with Crippen LogP contribution in [0.1, 0.15) is 23.1 Å². The van der Waals surface area contributed by atoms with E-state index in [0.717, 1.165) is 15.5 Å². The molecule has 3 aromatic rings. The molecule has 0 saturated carbocycles. The third kappa shape index (κ3) is 3.97. The summed E-state index contributed by atoms with van der Waals surface area (Å²) >= 11 is 0. The van der Waals surface area contributed by atoms with E-state index in [2.05, 4.69) is 15.6 Å². The Kier molecular flexibility index (Phi) is 5.77. The summed E-state index contributed by atoms with van der Waals surface area (Å²) in [6.07, 6.45) is 0. The quantitative estimate of drug-likeness (QED) is 0.525. The first-order chi connectivity index (χ1) is 14.2. The fourth-order valence-electron chi connectivity index (χ4n) is 3.05. The van der Waals surface area contributed by atoms with Crippen LogP contribution in [0.25, 0.3) is 10.9 Å². The van der Waals surface area contributed by atoms with E-state index in [4.69, 9.17) is 4.74 Å². The average molecular weight is 413 g/mol. The van der Waals surface area contributed by atoms with Gasteiger partial charge in [-0.15, -0.1) is 0 Å². The van der Waals surface area contributed by atoms with Crippen molar-refractivity contribution < 1.29 is 14.3 Å². The van der Waals surface area contributed by atoms with Crippen molar-refractivity contribution in [3.8, 4) is 5.75 Å². The fourth-order valence-corrected chi connectivity index (χ4v) is 3.05. The van der Waals surface area contributed by atoms with E-state index >= 15 is 0 Å². The minimum atomic E-state index is -0.839. The average Bonchev–Trinajstić information content (AvgIpc) is 3.18. The minimum Gasteiger partial charge on any atom is -0.496 e. The molecule has 2 amide bonds. The highest BCUT2D eigenvalue weighted by atomic mass is 16.5. The van der Waals surface area contributed by atoms with E-state index in [1.165, 1.54) is 24.7 Å². The summed E-state index contributed by atoms with van der Waals surface area (Å²) < 4.78 is 7.54. The van der Waals surface area contributed by atoms with Gasteiger partial charge >= 0.3 is 5.69 Å². The van der Waals surface area contributed by atoms with Gasteiger partial charge in [0.15, 0.2) is 0 Å². The molecule has 0 saturated heterocycles. The van der Waals surface area contributed by atoms with Crippen LogP contribution >= 0.6 is 0 Å². The second-order valence-corrected chi connectivity index (χ2v) is 6.89. The summed E-state index contributed by atoms with van der Waals surface area (Å²) in [6.45, 7) is 1.52. The van der Waals surface area contributed by atoms with Crippen molar-refractivity contribution in [2.45, 2.75) is 19.5 Å². The molecule has 0 radical (unpaired) electrons. The van der Waals surface area contributed by atoms with Crippen LogP contribution in [-0.2, 0) is 25.4 Å². The maximum Gasteiger partial charge on any atom is 0.330 e. The number of aromatic amines is 1. The van der Waals surface area contributed by atoms with Gasteiger partial charge in [0.05, 0.1) is 13.7 Å². The molecule has 2 aromatic heterocycles. The van der Waals surface area contributed by atoms with Gasteiger partial charge in [0, 0.05) is 36.8 Å². The lowest BCUT2D eigenvalue weighted by Gasteiger charge is -2.15. The number of methoxy groups -OCH3 is 1. The van der Waals surface area contributed by atoms with Crippen LogP contribution in [0.4, 0.5) is 0 Å². The highest BCUT2D eigenvalue weighted by molar-refractivity contribution is 6.01. The number of carbonyl (C=O) groups excluding carboxylic acids is 2. The van der Waals surface area contributed by atoms with Crippen molar-refractivity contribution >= 4 is 22.7 Å². The lowest BCUT2D eigenvalue weighted by molar-refractivity contribution is -0.122. The summed E-state index contributed by atoms with van der Waals surface area (Å²) in [4.78, 5) is 51.6. The predicted octanol–water partition coefficient (Wildman–Crippen LogP) is 0.00860. The zero-order valence-electron chi connectivity index (χ0n) is 17.1. The number of carbonyl (C=O) groups is 2. The standard InChI is InChI=1S/C20H23N5O5/c1-11(18(27)21-10-12-8-17(26)25(3)20(29)24(12)2)22-19(28)15-9-13-14(23-15)6-5-7-16(13)30-4/h5-9,11,23H,10H2,1-4H3,(H,21,27)(H,22,28)/t11-/m1/s1. The van der Waals surface area contributed by atoms with E-state index in [1.54, 1.807) is 32.2 Å². The molecule has 0 aliphatic heterocycles. The number of fused-ring (bicyclic) bond motifs is 1. The Morgan fingerprint density at radius 1 is 1.17 bits per heavy atom. The molecule has 0 aliphatic rings. The molecule has 0 bridgehead atoms. The fraction of sp³-hybridized carbons (Fsp3) is 0.300. The van der Waals surface area contributed by atoms with Crippen molar-refractivity contribution in [2.75, 3.05) is 7.11 Å². The van der Waals surface area contributed by atoms with Crippen LogP contribution in [0.5, 0.6) is 5.75 Å². The number of nitrogens with one attached hydrogen (secondary N) is 3. The van der Waals surface area contributed by atoms with Gasteiger partial charge in [0.25, 0.3) is 11.5 Å². The molecule has 10 heteroatoms. The first kappa shape index (κ1) is 20.9. The van der Waals surface area contributed by atoms with E-state index in [0.29, 0.717) is 17.1 Å². The maximum absolute atomic E-state index is 12.5. The summed E-state index contributed by atoms with van der Waals surface area (Å²) in [5.41, 5.74) is 0.448. The highest BCUT2D eigenvalue weighted by Crippen LogP contribution is 2.25. The van der Waals surface area contributed by atoms with Crippen LogP contribution in [0.2, 0.25) is 0 Å². The predicted molar refractivity (Wildman–Crippen MR) is 111 cm³/mol. The van der Waals surface area contributed by atoms with Gasteiger partial charge in [-0.3, -0.25) is 23.5 Å². The number of hydrogen-bond donors (Lipinski definition) is 3. The van der Waals surface area contributed by atoms with E-state index in [-0.39, 0.29) is 6.54 Å². The molecule has 0 spiro atoms. The van der Waals surface area contributed by atoms with Crippen molar-refractivity contribution in [3.63, 3.8) is 0 Å². The van der Waals surface area contributed by atoms with E-state index < -0.39 is 29.1 Å². The topological polar surface area (TPSA) is 127 Å². The molecular weight excluding hydrogens is 390 g/mol. The third-order valence-electron chi connectivity index (χ3n) is 4.90. The number of amides is 2. The number of rotatable bonds is 6. The first-order valence-corrected chi connectivity index (χ1v) is 9.23. The van der Waals surface area contributed by atoms with Crippen molar-refractivity contribution in [2.24, 2.45) is 14.1 Å². The number of benzene rings is 1. The zero-order chi connectivity index (χ0) is 22.0. The van der Waals surface area contributed by atoms with Crippen LogP contribution in [0.15, 0.2) is 39.9 Å². The smallest absolute Gasteiger partial charge is 0.330 e. The molecular formula is C20H23N5O5. The molecule has 0 unspecified atom stereocenters. The van der Waals surface area contributed by atoms with E-state index in [9.17, 15) is 19.2 Å². The van der Waals surface area contributed by atoms with Crippen molar-refractivity contribution in [3.05, 3.63) is 62.6 Å². The SMILES string of the molecule is COc1cccc2[nH]c(C(=O)N[C@H](C)C(=O)NCc3cc(=O)n(C)c(=O)n3C)cc12. The van der Waals surface area contributed by atoms with Crippen LogP contribution < -0.4 is 26.6 Å². The van der Waals surface area contributed by atoms with Gasteiger partial charge in [-0.05, 0) is 25.1 Å². The minimum absolute atomic E-state index is 0.0234. The lowest BCUT2D eigenvalue weighted by atomic mass is 10.2. The third-order valence-corrected chi connectivity index (χ3v) is 4.90. The normalized spacial score (nSPS) is 11.9. The van der Waals surface area contributed by atoms with Crippen molar-refractivity contribution in [1.82, 2.24) is 24.8 Å².